The second-order valence-corrected chi connectivity index (χ2v) is 7.17. The zero-order valence-corrected chi connectivity index (χ0v) is 15.1. The van der Waals surface area contributed by atoms with Crippen LogP contribution < -0.4 is 10.2 Å². The Kier molecular flexibility index (Phi) is 5.48. The van der Waals surface area contributed by atoms with Gasteiger partial charge in [-0.05, 0) is 31.9 Å². The molecule has 1 saturated heterocycles. The molecule has 3 rings (SSSR count). The second kappa shape index (κ2) is 7.77. The van der Waals surface area contributed by atoms with E-state index in [9.17, 15) is 4.79 Å². The number of carbonyl (C=O) groups excluding carboxylic acids is 1. The molecule has 2 heterocycles. The molecule has 1 amide bonds. The van der Waals surface area contributed by atoms with Crippen LogP contribution >= 0.6 is 11.3 Å². The van der Waals surface area contributed by atoms with E-state index >= 15 is 0 Å². The molecule has 1 aliphatic rings. The number of anilines is 2. The topological polar surface area (TPSA) is 48.5 Å². The third-order valence-electron chi connectivity index (χ3n) is 4.30. The molecule has 6 heteroatoms. The van der Waals surface area contributed by atoms with Crippen LogP contribution in [0.2, 0.25) is 0 Å². The standard InChI is InChI=1S/C18H24N4OS/c1-14-4-5-16(15(2)12-14)20-17(23)13-21-7-3-8-22(10-9-21)18-19-6-11-24-18/h4-6,11-12H,3,7-10,13H2,1-2H3,(H,20,23). The molecule has 0 unspecified atom stereocenters. The van der Waals surface area contributed by atoms with Gasteiger partial charge in [-0.2, -0.15) is 0 Å². The van der Waals surface area contributed by atoms with Crippen molar-refractivity contribution in [2.75, 3.05) is 42.9 Å². The van der Waals surface area contributed by atoms with Gasteiger partial charge in [0.2, 0.25) is 5.91 Å². The molecule has 1 N–H and O–H groups in total. The van der Waals surface area contributed by atoms with E-state index in [0.717, 1.165) is 49.0 Å². The van der Waals surface area contributed by atoms with Gasteiger partial charge in [-0.3, -0.25) is 9.69 Å². The Hall–Kier alpha value is -1.92. The third kappa shape index (κ3) is 4.33. The van der Waals surface area contributed by atoms with E-state index < -0.39 is 0 Å². The summed E-state index contributed by atoms with van der Waals surface area (Å²) in [6.07, 6.45) is 2.90. The molecule has 0 aliphatic carbocycles. The summed E-state index contributed by atoms with van der Waals surface area (Å²) >= 11 is 1.68. The molecule has 24 heavy (non-hydrogen) atoms. The van der Waals surface area contributed by atoms with Gasteiger partial charge in [0, 0.05) is 43.4 Å². The maximum atomic E-state index is 12.4. The summed E-state index contributed by atoms with van der Waals surface area (Å²) in [5.74, 6) is 0.0599. The van der Waals surface area contributed by atoms with E-state index in [0.29, 0.717) is 6.54 Å². The summed E-state index contributed by atoms with van der Waals surface area (Å²) in [7, 11) is 0. The number of carbonyl (C=O) groups is 1. The second-order valence-electron chi connectivity index (χ2n) is 6.30. The van der Waals surface area contributed by atoms with Gasteiger partial charge in [-0.15, -0.1) is 11.3 Å². The number of hydrogen-bond donors (Lipinski definition) is 1. The predicted octanol–water partition coefficient (Wildman–Crippen LogP) is 2.91. The Morgan fingerprint density at radius 2 is 2.12 bits per heavy atom. The summed E-state index contributed by atoms with van der Waals surface area (Å²) in [6, 6.07) is 6.10. The van der Waals surface area contributed by atoms with Gasteiger partial charge in [0.1, 0.15) is 0 Å². The van der Waals surface area contributed by atoms with Gasteiger partial charge in [0.15, 0.2) is 5.13 Å². The van der Waals surface area contributed by atoms with Crippen molar-refractivity contribution < 1.29 is 4.79 Å². The first-order chi connectivity index (χ1) is 11.6. The zero-order valence-electron chi connectivity index (χ0n) is 14.3. The lowest BCUT2D eigenvalue weighted by Gasteiger charge is -2.21. The van der Waals surface area contributed by atoms with Gasteiger partial charge in [-0.25, -0.2) is 4.98 Å². The number of hydrogen-bond acceptors (Lipinski definition) is 5. The largest absolute Gasteiger partial charge is 0.347 e. The fourth-order valence-corrected chi connectivity index (χ4v) is 3.74. The lowest BCUT2D eigenvalue weighted by atomic mass is 10.1. The Bertz CT molecular complexity index is 686. The van der Waals surface area contributed by atoms with Crippen LogP contribution in [0.15, 0.2) is 29.8 Å². The molecule has 0 bridgehead atoms. The number of amides is 1. The number of nitrogens with one attached hydrogen (secondary N) is 1. The van der Waals surface area contributed by atoms with Crippen LogP contribution in [0.4, 0.5) is 10.8 Å². The molecular weight excluding hydrogens is 320 g/mol. The van der Waals surface area contributed by atoms with Crippen LogP contribution in [0.25, 0.3) is 0 Å². The summed E-state index contributed by atoms with van der Waals surface area (Å²) < 4.78 is 0. The van der Waals surface area contributed by atoms with E-state index in [1.165, 1.54) is 5.56 Å². The molecule has 2 aromatic rings. The molecule has 0 radical (unpaired) electrons. The lowest BCUT2D eigenvalue weighted by Crippen LogP contribution is -2.36. The van der Waals surface area contributed by atoms with Crippen LogP contribution in [0, 0.1) is 13.8 Å². The van der Waals surface area contributed by atoms with Crippen LogP contribution in [0.1, 0.15) is 17.5 Å². The number of aromatic nitrogens is 1. The van der Waals surface area contributed by atoms with Crippen molar-refractivity contribution in [1.82, 2.24) is 9.88 Å². The number of benzene rings is 1. The van der Waals surface area contributed by atoms with Gasteiger partial charge in [0.05, 0.1) is 6.54 Å². The van der Waals surface area contributed by atoms with Crippen molar-refractivity contribution in [3.05, 3.63) is 40.9 Å². The minimum Gasteiger partial charge on any atom is -0.347 e. The Balaban J connectivity index is 1.53. The fourth-order valence-electron chi connectivity index (χ4n) is 3.04. The van der Waals surface area contributed by atoms with Crippen molar-refractivity contribution in [3.63, 3.8) is 0 Å². The normalized spacial score (nSPS) is 16.0. The highest BCUT2D eigenvalue weighted by Gasteiger charge is 2.18. The molecule has 5 nitrogen and oxygen atoms in total. The van der Waals surface area contributed by atoms with Gasteiger partial charge in [-0.1, -0.05) is 17.7 Å². The van der Waals surface area contributed by atoms with E-state index in [1.54, 1.807) is 11.3 Å². The highest BCUT2D eigenvalue weighted by Crippen LogP contribution is 2.19. The first kappa shape index (κ1) is 16.9. The molecule has 1 fully saturated rings. The number of nitrogens with zero attached hydrogens (tertiary/aromatic N) is 3. The number of rotatable bonds is 4. The molecular formula is C18H24N4OS. The van der Waals surface area contributed by atoms with Crippen molar-refractivity contribution in [3.8, 4) is 0 Å². The van der Waals surface area contributed by atoms with Crippen molar-refractivity contribution >= 4 is 28.1 Å². The highest BCUT2D eigenvalue weighted by atomic mass is 32.1. The SMILES string of the molecule is Cc1ccc(NC(=O)CN2CCCN(c3nccs3)CC2)c(C)c1. The van der Waals surface area contributed by atoms with Gasteiger partial charge < -0.3 is 10.2 Å². The average molecular weight is 344 g/mol. The Morgan fingerprint density at radius 3 is 2.88 bits per heavy atom. The smallest absolute Gasteiger partial charge is 0.238 e. The first-order valence-electron chi connectivity index (χ1n) is 8.36. The fraction of sp³-hybridized carbons (Fsp3) is 0.444. The van der Waals surface area contributed by atoms with E-state index in [2.05, 4.69) is 33.1 Å². The minimum absolute atomic E-state index is 0.0599. The molecule has 1 aromatic heterocycles. The van der Waals surface area contributed by atoms with Crippen LogP contribution in [-0.2, 0) is 4.79 Å². The molecule has 0 saturated carbocycles. The number of thiazole rings is 1. The predicted molar refractivity (Wildman–Crippen MR) is 99.9 cm³/mol. The summed E-state index contributed by atoms with van der Waals surface area (Å²) in [6.45, 7) is 8.29. The van der Waals surface area contributed by atoms with Gasteiger partial charge in [0.25, 0.3) is 0 Å². The molecule has 1 aromatic carbocycles. The quantitative estimate of drug-likeness (QED) is 0.926. The molecule has 0 spiro atoms. The van der Waals surface area contributed by atoms with Crippen molar-refractivity contribution in [1.29, 1.82) is 0 Å². The monoisotopic (exact) mass is 344 g/mol. The Morgan fingerprint density at radius 1 is 1.25 bits per heavy atom. The Labute approximate surface area is 147 Å². The zero-order chi connectivity index (χ0) is 16.9. The van der Waals surface area contributed by atoms with Crippen molar-refractivity contribution in [2.45, 2.75) is 20.3 Å². The summed E-state index contributed by atoms with van der Waals surface area (Å²) in [5.41, 5.74) is 3.22. The van der Waals surface area contributed by atoms with Crippen LogP contribution in [0.5, 0.6) is 0 Å². The first-order valence-corrected chi connectivity index (χ1v) is 9.24. The van der Waals surface area contributed by atoms with Crippen molar-refractivity contribution in [2.24, 2.45) is 0 Å². The minimum atomic E-state index is 0.0599. The van der Waals surface area contributed by atoms with E-state index in [4.69, 9.17) is 0 Å². The maximum absolute atomic E-state index is 12.4. The average Bonchev–Trinajstić information content (AvgIpc) is 2.98. The maximum Gasteiger partial charge on any atom is 0.238 e. The highest BCUT2D eigenvalue weighted by molar-refractivity contribution is 7.13. The molecule has 0 atom stereocenters. The summed E-state index contributed by atoms with van der Waals surface area (Å²) in [5, 5.41) is 6.13. The van der Waals surface area contributed by atoms with Gasteiger partial charge >= 0.3 is 0 Å². The number of aryl methyl sites for hydroxylation is 2. The summed E-state index contributed by atoms with van der Waals surface area (Å²) in [4.78, 5) is 21.3. The lowest BCUT2D eigenvalue weighted by molar-refractivity contribution is -0.117. The molecule has 128 valence electrons. The van der Waals surface area contributed by atoms with Crippen LogP contribution in [0.3, 0.4) is 0 Å². The van der Waals surface area contributed by atoms with E-state index in [1.807, 2.05) is 30.6 Å². The third-order valence-corrected chi connectivity index (χ3v) is 5.13. The van der Waals surface area contributed by atoms with E-state index in [-0.39, 0.29) is 5.91 Å². The van der Waals surface area contributed by atoms with Crippen LogP contribution in [-0.4, -0.2) is 48.5 Å². The molecule has 1 aliphatic heterocycles.